The van der Waals surface area contributed by atoms with Crippen molar-refractivity contribution in [2.75, 3.05) is 20.8 Å². The van der Waals surface area contributed by atoms with Gasteiger partial charge in [0.2, 0.25) is 0 Å². The minimum Gasteiger partial charge on any atom is -0.497 e. The fourth-order valence-corrected chi connectivity index (χ4v) is 6.37. The van der Waals surface area contributed by atoms with Gasteiger partial charge in [-0.3, -0.25) is 4.68 Å². The van der Waals surface area contributed by atoms with Gasteiger partial charge in [0, 0.05) is 30.2 Å². The minimum atomic E-state index is -1.88. The molecule has 2 aromatic carbocycles. The molecule has 8 nitrogen and oxygen atoms in total. The highest BCUT2D eigenvalue weighted by atomic mass is 35.5. The van der Waals surface area contributed by atoms with E-state index in [0.717, 1.165) is 56.7 Å². The molecule has 0 radical (unpaired) electrons. The predicted molar refractivity (Wildman–Crippen MR) is 175 cm³/mol. The van der Waals surface area contributed by atoms with Crippen LogP contribution in [0.25, 0.3) is 22.2 Å². The lowest BCUT2D eigenvalue weighted by molar-refractivity contribution is 0.0593. The molecule has 2 heterocycles. The lowest BCUT2D eigenvalue weighted by atomic mass is 10.00. The summed E-state index contributed by atoms with van der Waals surface area (Å²) in [6, 6.07) is 11.7. The second kappa shape index (κ2) is 13.3. The maximum atomic E-state index is 13.0. The monoisotopic (exact) mass is 625 g/mol. The van der Waals surface area contributed by atoms with Gasteiger partial charge in [0.15, 0.2) is 8.32 Å². The molecular formula is C33H44ClN3O5Si. The van der Waals surface area contributed by atoms with Crippen LogP contribution in [-0.2, 0) is 40.6 Å². The van der Waals surface area contributed by atoms with Gasteiger partial charge in [-0.1, -0.05) is 50.6 Å². The van der Waals surface area contributed by atoms with Gasteiger partial charge in [0.25, 0.3) is 0 Å². The molecule has 10 heteroatoms. The van der Waals surface area contributed by atoms with Crippen molar-refractivity contribution >= 4 is 36.8 Å². The fourth-order valence-electron chi connectivity index (χ4n) is 5.03. The Morgan fingerprint density at radius 2 is 1.74 bits per heavy atom. The van der Waals surface area contributed by atoms with Crippen molar-refractivity contribution in [1.29, 1.82) is 0 Å². The molecule has 232 valence electrons. The molecule has 0 bridgehead atoms. The molecule has 0 unspecified atom stereocenters. The van der Waals surface area contributed by atoms with Crippen molar-refractivity contribution in [3.63, 3.8) is 0 Å². The van der Waals surface area contributed by atoms with Crippen molar-refractivity contribution in [2.45, 2.75) is 71.9 Å². The zero-order chi connectivity index (χ0) is 31.5. The molecule has 4 rings (SSSR count). The Labute approximate surface area is 260 Å². The first-order chi connectivity index (χ1) is 20.3. The van der Waals surface area contributed by atoms with Crippen LogP contribution in [-0.4, -0.2) is 49.9 Å². The largest absolute Gasteiger partial charge is 0.497 e. The van der Waals surface area contributed by atoms with E-state index in [-0.39, 0.29) is 5.04 Å². The Morgan fingerprint density at radius 1 is 1.05 bits per heavy atom. The number of aromatic nitrogens is 3. The van der Waals surface area contributed by atoms with Gasteiger partial charge in [-0.25, -0.2) is 4.79 Å². The van der Waals surface area contributed by atoms with E-state index < -0.39 is 14.3 Å². The van der Waals surface area contributed by atoms with Crippen LogP contribution in [0.5, 0.6) is 5.75 Å². The normalized spacial score (nSPS) is 12.2. The summed E-state index contributed by atoms with van der Waals surface area (Å²) in [6.07, 6.45) is 1.43. The van der Waals surface area contributed by atoms with E-state index in [1.165, 1.54) is 7.11 Å². The van der Waals surface area contributed by atoms with Crippen LogP contribution in [0.15, 0.2) is 36.4 Å². The molecule has 43 heavy (non-hydrogen) atoms. The highest BCUT2D eigenvalue weighted by Crippen LogP contribution is 2.40. The highest BCUT2D eigenvalue weighted by Gasteiger charge is 2.37. The van der Waals surface area contributed by atoms with Gasteiger partial charge in [0.05, 0.1) is 49.4 Å². The molecule has 1 N–H and O–H groups in total. The summed E-state index contributed by atoms with van der Waals surface area (Å²) < 4.78 is 24.8. The predicted octanol–water partition coefficient (Wildman–Crippen LogP) is 8.00. The molecule has 4 aromatic rings. The minimum absolute atomic E-state index is 0.133. The lowest BCUT2D eigenvalue weighted by Gasteiger charge is -2.36. The van der Waals surface area contributed by atoms with Gasteiger partial charge < -0.3 is 23.6 Å². The Kier molecular flexibility index (Phi) is 10.1. The maximum absolute atomic E-state index is 13.0. The van der Waals surface area contributed by atoms with Crippen molar-refractivity contribution in [3.8, 4) is 17.0 Å². The number of H-pyrrole nitrogens is 1. The van der Waals surface area contributed by atoms with Crippen molar-refractivity contribution < 1.29 is 23.4 Å². The third kappa shape index (κ3) is 7.01. The second-order valence-corrected chi connectivity index (χ2v) is 17.6. The number of methoxy groups -OCH3 is 2. The summed E-state index contributed by atoms with van der Waals surface area (Å²) in [7, 11) is 3.07. The molecule has 0 saturated heterocycles. The van der Waals surface area contributed by atoms with E-state index in [2.05, 4.69) is 38.8 Å². The zero-order valence-electron chi connectivity index (χ0n) is 26.8. The number of ether oxygens (including phenoxy) is 3. The topological polar surface area (TPSA) is 87.6 Å². The molecule has 0 saturated carbocycles. The Morgan fingerprint density at radius 3 is 2.37 bits per heavy atom. The van der Waals surface area contributed by atoms with E-state index >= 15 is 0 Å². The number of aromatic amines is 1. The van der Waals surface area contributed by atoms with Gasteiger partial charge in [-0.05, 0) is 67.2 Å². The van der Waals surface area contributed by atoms with Crippen molar-refractivity contribution in [1.82, 2.24) is 14.8 Å². The number of esters is 1. The molecular weight excluding hydrogens is 582 g/mol. The molecule has 0 aliphatic carbocycles. The summed E-state index contributed by atoms with van der Waals surface area (Å²) in [4.78, 5) is 16.3. The molecule has 0 atom stereocenters. The highest BCUT2D eigenvalue weighted by molar-refractivity contribution is 6.74. The molecule has 0 fully saturated rings. The first kappa shape index (κ1) is 32.8. The number of fused-ring (bicyclic) bond motifs is 1. The number of hydrogen-bond donors (Lipinski definition) is 1. The van der Waals surface area contributed by atoms with Crippen LogP contribution in [0.3, 0.4) is 0 Å². The average molecular weight is 626 g/mol. The van der Waals surface area contributed by atoms with Gasteiger partial charge >= 0.3 is 5.97 Å². The van der Waals surface area contributed by atoms with Gasteiger partial charge in [-0.15, -0.1) is 0 Å². The summed E-state index contributed by atoms with van der Waals surface area (Å²) in [6.45, 7) is 14.6. The van der Waals surface area contributed by atoms with E-state index in [1.54, 1.807) is 7.11 Å². The molecule has 0 aliphatic heterocycles. The zero-order valence-corrected chi connectivity index (χ0v) is 28.6. The Bertz CT molecular complexity index is 1590. The quantitative estimate of drug-likeness (QED) is 0.0975. The smallest absolute Gasteiger partial charge is 0.354 e. The van der Waals surface area contributed by atoms with Crippen LogP contribution in [0.2, 0.25) is 23.2 Å². The molecule has 2 aromatic heterocycles. The number of carbonyl (C=O) groups excluding carboxylic acids is 1. The first-order valence-electron chi connectivity index (χ1n) is 14.6. The van der Waals surface area contributed by atoms with Crippen molar-refractivity contribution in [2.24, 2.45) is 7.05 Å². The molecule has 0 spiro atoms. The molecule has 0 amide bonds. The first-order valence-corrected chi connectivity index (χ1v) is 17.9. The van der Waals surface area contributed by atoms with Crippen LogP contribution in [0.1, 0.15) is 60.1 Å². The summed E-state index contributed by atoms with van der Waals surface area (Å²) in [5.74, 6) is 0.388. The third-order valence-corrected chi connectivity index (χ3v) is 13.4. The number of halogens is 1. The molecule has 0 aliphatic rings. The van der Waals surface area contributed by atoms with Gasteiger partial charge in [0.1, 0.15) is 11.4 Å². The van der Waals surface area contributed by atoms with E-state index in [0.29, 0.717) is 37.0 Å². The number of carbonyl (C=O) groups is 1. The summed E-state index contributed by atoms with van der Waals surface area (Å²) in [5, 5.41) is 6.32. The van der Waals surface area contributed by atoms with Crippen molar-refractivity contribution in [3.05, 3.63) is 69.5 Å². The van der Waals surface area contributed by atoms with E-state index in [1.807, 2.05) is 55.1 Å². The standard InChI is InChI=1S/C33H44ClN3O5Si/c1-21-26(20-41-19-22-12-14-23(39-6)15-13-22)31(37(5)36-21)28-27(34)17-16-25-24(30(32(38)40-7)35-29(25)28)11-10-18-42-43(8,9)33(2,3)4/h12-17,35H,10-11,18-20H2,1-9H3. The Hall–Kier alpha value is -3.11. The van der Waals surface area contributed by atoms with Crippen LogP contribution in [0, 0.1) is 6.92 Å². The number of hydrogen-bond acceptors (Lipinski definition) is 6. The van der Waals surface area contributed by atoms with Crippen LogP contribution >= 0.6 is 11.6 Å². The number of rotatable bonds is 12. The SMILES string of the molecule is COC(=O)c1[nH]c2c(-c3c(COCc4ccc(OC)cc4)c(C)nn3C)c(Cl)ccc2c1CCCO[Si](C)(C)C(C)(C)C. The summed E-state index contributed by atoms with van der Waals surface area (Å²) in [5.41, 5.74) is 6.55. The van der Waals surface area contributed by atoms with E-state index in [4.69, 9.17) is 35.3 Å². The number of benzene rings is 2. The third-order valence-electron chi connectivity index (χ3n) is 8.52. The Balaban J connectivity index is 1.67. The lowest BCUT2D eigenvalue weighted by Crippen LogP contribution is -2.41. The van der Waals surface area contributed by atoms with Gasteiger partial charge in [-0.2, -0.15) is 5.10 Å². The maximum Gasteiger partial charge on any atom is 0.354 e. The van der Waals surface area contributed by atoms with E-state index in [9.17, 15) is 4.79 Å². The number of nitrogens with zero attached hydrogens (tertiary/aromatic N) is 2. The average Bonchev–Trinajstić information content (AvgIpc) is 3.46. The van der Waals surface area contributed by atoms with Crippen LogP contribution in [0.4, 0.5) is 0 Å². The fraction of sp³-hybridized carbons (Fsp3) is 0.455. The summed E-state index contributed by atoms with van der Waals surface area (Å²) >= 11 is 6.90. The second-order valence-electron chi connectivity index (χ2n) is 12.4. The number of aryl methyl sites for hydroxylation is 3. The number of nitrogens with one attached hydrogen (secondary N) is 1. The van der Waals surface area contributed by atoms with Crippen LogP contribution < -0.4 is 4.74 Å².